The first-order valence-electron chi connectivity index (χ1n) is 18.4. The Balaban J connectivity index is 1.27. The fourth-order valence-electron chi connectivity index (χ4n) is 7.54. The van der Waals surface area contributed by atoms with E-state index in [1.165, 1.54) is 6.92 Å². The van der Waals surface area contributed by atoms with Gasteiger partial charge in [-0.15, -0.1) is 0 Å². The van der Waals surface area contributed by atoms with Crippen molar-refractivity contribution in [2.75, 3.05) is 18.1 Å². The highest BCUT2D eigenvalue weighted by molar-refractivity contribution is 6.30. The van der Waals surface area contributed by atoms with Gasteiger partial charge in [0.15, 0.2) is 6.61 Å². The first kappa shape index (κ1) is 39.0. The molecule has 1 saturated heterocycles. The first-order chi connectivity index (χ1) is 26.5. The number of ether oxygens (including phenoxy) is 1. The summed E-state index contributed by atoms with van der Waals surface area (Å²) in [5.74, 6) is -1.89. The number of carboxylic acids is 1. The third-order valence-electron chi connectivity index (χ3n) is 10.4. The molecule has 3 atom stereocenters. The zero-order valence-corrected chi connectivity index (χ0v) is 31.3. The van der Waals surface area contributed by atoms with Gasteiger partial charge in [-0.2, -0.15) is 0 Å². The Hall–Kier alpha value is -5.75. The van der Waals surface area contributed by atoms with E-state index in [0.717, 1.165) is 18.4 Å². The molecule has 55 heavy (non-hydrogen) atoms. The third kappa shape index (κ3) is 9.32. The van der Waals surface area contributed by atoms with Gasteiger partial charge in [0.25, 0.3) is 11.8 Å². The smallest absolute Gasteiger partial charge is 0.326 e. The number of carboxylic acid groups (broad SMARTS) is 1. The summed E-state index contributed by atoms with van der Waals surface area (Å²) in [7, 11) is 0. The summed E-state index contributed by atoms with van der Waals surface area (Å²) in [6.45, 7) is 1.44. The SMILES string of the molecule is CC(=O)NCCC1(C(=O)NC(Cc2ccc(N3C(=O)[C@@H](Cc4cccnc4)N(C(=O)COc4ccccc4)C3c3ccc(Cl)cc3)cc2)C(=O)O)CCCC1. The minimum absolute atomic E-state index is 0.00273. The number of rotatable bonds is 15. The molecule has 2 heterocycles. The fraction of sp³-hybridized carbons (Fsp3) is 0.333. The van der Waals surface area contributed by atoms with Gasteiger partial charge in [-0.3, -0.25) is 29.1 Å². The van der Waals surface area contributed by atoms with Crippen LogP contribution in [-0.2, 0) is 36.8 Å². The number of hydrogen-bond acceptors (Lipinski definition) is 7. The Morgan fingerprint density at radius 2 is 1.65 bits per heavy atom. The van der Waals surface area contributed by atoms with Crippen molar-refractivity contribution in [1.82, 2.24) is 20.5 Å². The van der Waals surface area contributed by atoms with Gasteiger partial charge in [-0.25, -0.2) is 4.79 Å². The standard InChI is InChI=1S/C42H44ClN5O7/c1-28(49)45-23-21-42(19-5-6-20-42)41(54)46-35(40(52)53)24-29-11-17-33(18-12-29)47-38(31-13-15-32(43)16-14-31)48(37(50)27-55-34-9-3-2-4-10-34)36(39(47)51)25-30-8-7-22-44-26-30/h2-4,7-18,22,26,35-36,38H,5-6,19-21,23-25,27H2,1H3,(H,45,49)(H,46,54)(H,52,53)/t35?,36-,38?/m1/s1. The van der Waals surface area contributed by atoms with Crippen LogP contribution in [0.3, 0.4) is 0 Å². The fourth-order valence-corrected chi connectivity index (χ4v) is 7.67. The van der Waals surface area contributed by atoms with Crippen molar-refractivity contribution in [1.29, 1.82) is 0 Å². The van der Waals surface area contributed by atoms with Crippen molar-refractivity contribution in [3.63, 3.8) is 0 Å². The van der Waals surface area contributed by atoms with Gasteiger partial charge in [0.05, 0.1) is 5.41 Å². The number of aliphatic carboxylic acids is 1. The third-order valence-corrected chi connectivity index (χ3v) is 10.6. The number of anilines is 1. The van der Waals surface area contributed by atoms with Crippen LogP contribution < -0.4 is 20.3 Å². The molecule has 1 aromatic heterocycles. The van der Waals surface area contributed by atoms with E-state index < -0.39 is 35.5 Å². The van der Waals surface area contributed by atoms with Crippen molar-refractivity contribution >= 4 is 46.9 Å². The molecule has 2 unspecified atom stereocenters. The maximum absolute atomic E-state index is 14.6. The van der Waals surface area contributed by atoms with Crippen LogP contribution in [0.4, 0.5) is 5.69 Å². The highest BCUT2D eigenvalue weighted by atomic mass is 35.5. The molecule has 2 fully saturated rings. The number of carbonyl (C=O) groups excluding carboxylic acids is 4. The van der Waals surface area contributed by atoms with Crippen LogP contribution in [0.1, 0.15) is 61.9 Å². The number of amides is 4. The van der Waals surface area contributed by atoms with Gasteiger partial charge < -0.3 is 25.4 Å². The number of nitrogens with one attached hydrogen (secondary N) is 2. The summed E-state index contributed by atoms with van der Waals surface area (Å²) in [5, 5.41) is 16.2. The van der Waals surface area contributed by atoms with Crippen LogP contribution in [0.25, 0.3) is 0 Å². The van der Waals surface area contributed by atoms with Gasteiger partial charge in [0.1, 0.15) is 24.0 Å². The Morgan fingerprint density at radius 3 is 2.29 bits per heavy atom. The average Bonchev–Trinajstić information content (AvgIpc) is 3.78. The van der Waals surface area contributed by atoms with E-state index in [1.54, 1.807) is 88.9 Å². The van der Waals surface area contributed by atoms with Crippen molar-refractivity contribution in [2.24, 2.45) is 5.41 Å². The second-order valence-corrected chi connectivity index (χ2v) is 14.5. The van der Waals surface area contributed by atoms with Gasteiger partial charge in [0.2, 0.25) is 11.8 Å². The Morgan fingerprint density at radius 1 is 0.945 bits per heavy atom. The number of nitrogens with zero attached hydrogens (tertiary/aromatic N) is 3. The monoisotopic (exact) mass is 765 g/mol. The summed E-state index contributed by atoms with van der Waals surface area (Å²) in [6, 6.07) is 24.3. The Kier molecular flexibility index (Phi) is 12.5. The van der Waals surface area contributed by atoms with Crippen LogP contribution in [0.2, 0.25) is 5.02 Å². The molecule has 1 aliphatic carbocycles. The predicted molar refractivity (Wildman–Crippen MR) is 206 cm³/mol. The van der Waals surface area contributed by atoms with Gasteiger partial charge in [-0.05, 0) is 78.4 Å². The van der Waals surface area contributed by atoms with E-state index in [-0.39, 0.29) is 37.2 Å². The molecular formula is C42H44ClN5O7. The molecule has 4 amide bonds. The number of para-hydroxylation sites is 1. The molecule has 1 aliphatic heterocycles. The molecule has 1 saturated carbocycles. The molecule has 12 nitrogen and oxygen atoms in total. The van der Waals surface area contributed by atoms with E-state index in [2.05, 4.69) is 15.6 Å². The lowest BCUT2D eigenvalue weighted by Gasteiger charge is -2.32. The number of carbonyl (C=O) groups is 5. The highest BCUT2D eigenvalue weighted by Crippen LogP contribution is 2.42. The Labute approximate surface area is 324 Å². The van der Waals surface area contributed by atoms with E-state index in [0.29, 0.717) is 53.4 Å². The summed E-state index contributed by atoms with van der Waals surface area (Å²) in [6.07, 6.45) is 6.03. The summed E-state index contributed by atoms with van der Waals surface area (Å²) in [4.78, 5) is 73.6. The summed E-state index contributed by atoms with van der Waals surface area (Å²) < 4.78 is 5.88. The van der Waals surface area contributed by atoms with E-state index in [9.17, 15) is 29.1 Å². The second-order valence-electron chi connectivity index (χ2n) is 14.1. The molecule has 13 heteroatoms. The molecule has 286 valence electrons. The topological polar surface area (TPSA) is 158 Å². The van der Waals surface area contributed by atoms with E-state index in [1.807, 2.05) is 24.3 Å². The minimum atomic E-state index is -1.20. The molecule has 3 aromatic carbocycles. The number of pyridine rings is 1. The van der Waals surface area contributed by atoms with Gasteiger partial charge in [-0.1, -0.05) is 73.0 Å². The number of aromatic nitrogens is 1. The quantitative estimate of drug-likeness (QED) is 0.143. The minimum Gasteiger partial charge on any atom is -0.484 e. The van der Waals surface area contributed by atoms with Gasteiger partial charge in [0, 0.05) is 49.4 Å². The molecular weight excluding hydrogens is 722 g/mol. The van der Waals surface area contributed by atoms with Crippen molar-refractivity contribution in [3.05, 3.63) is 125 Å². The predicted octanol–water partition coefficient (Wildman–Crippen LogP) is 5.50. The second kappa shape index (κ2) is 17.6. The van der Waals surface area contributed by atoms with Crippen molar-refractivity contribution in [2.45, 2.75) is 70.1 Å². The largest absolute Gasteiger partial charge is 0.484 e. The molecule has 0 bridgehead atoms. The van der Waals surface area contributed by atoms with Crippen LogP contribution in [0.15, 0.2) is 103 Å². The van der Waals surface area contributed by atoms with Crippen LogP contribution in [0, 0.1) is 5.41 Å². The average molecular weight is 766 g/mol. The normalized spacial score (nSPS) is 18.1. The molecule has 4 aromatic rings. The van der Waals surface area contributed by atoms with E-state index >= 15 is 0 Å². The number of hydrogen-bond donors (Lipinski definition) is 3. The first-order valence-corrected chi connectivity index (χ1v) is 18.8. The van der Waals surface area contributed by atoms with E-state index in [4.69, 9.17) is 16.3 Å². The summed E-state index contributed by atoms with van der Waals surface area (Å²) >= 11 is 6.27. The zero-order valence-electron chi connectivity index (χ0n) is 30.5. The molecule has 6 rings (SSSR count). The molecule has 0 spiro atoms. The lowest BCUT2D eigenvalue weighted by Crippen LogP contribution is -2.49. The number of benzene rings is 3. The van der Waals surface area contributed by atoms with Crippen molar-refractivity contribution in [3.8, 4) is 5.75 Å². The lowest BCUT2D eigenvalue weighted by atomic mass is 9.81. The lowest BCUT2D eigenvalue weighted by molar-refractivity contribution is -0.144. The van der Waals surface area contributed by atoms with Gasteiger partial charge >= 0.3 is 5.97 Å². The summed E-state index contributed by atoms with van der Waals surface area (Å²) in [5.41, 5.74) is 1.79. The van der Waals surface area contributed by atoms with Crippen LogP contribution >= 0.6 is 11.6 Å². The highest BCUT2D eigenvalue weighted by Gasteiger charge is 2.50. The molecule has 0 radical (unpaired) electrons. The Bertz CT molecular complexity index is 1970. The molecule has 3 N–H and O–H groups in total. The maximum atomic E-state index is 14.6. The zero-order chi connectivity index (χ0) is 39.0. The van der Waals surface area contributed by atoms with Crippen LogP contribution in [0.5, 0.6) is 5.75 Å². The number of halogens is 1. The van der Waals surface area contributed by atoms with Crippen LogP contribution in [-0.4, -0.2) is 69.8 Å². The molecule has 2 aliphatic rings. The van der Waals surface area contributed by atoms with Crippen molar-refractivity contribution < 1.29 is 33.8 Å². The maximum Gasteiger partial charge on any atom is 0.326 e.